The van der Waals surface area contributed by atoms with Gasteiger partial charge in [0.05, 0.1) is 22.3 Å². The predicted octanol–water partition coefficient (Wildman–Crippen LogP) is 3.36. The Hall–Kier alpha value is -0.880. The molecule has 74 valence electrons. The van der Waals surface area contributed by atoms with E-state index in [9.17, 15) is 13.2 Å². The second kappa shape index (κ2) is 3.06. The van der Waals surface area contributed by atoms with Gasteiger partial charge in [-0.25, -0.2) is 0 Å². The molecular weight excluding hydrogens is 237 g/mol. The van der Waals surface area contributed by atoms with Crippen LogP contribution in [0.2, 0.25) is 5.02 Å². The van der Waals surface area contributed by atoms with Crippen LogP contribution in [0.1, 0.15) is 5.56 Å². The Morgan fingerprint density at radius 3 is 2.57 bits per heavy atom. The minimum Gasteiger partial charge on any atom is -0.173 e. The van der Waals surface area contributed by atoms with E-state index in [0.717, 1.165) is 23.9 Å². The standard InChI is InChI=1S/C7H2ClF3N2S/c8-4-1-3(7(9,10)11)2-5-6(4)13-14-12-5/h1-2H. The van der Waals surface area contributed by atoms with Gasteiger partial charge in [0.1, 0.15) is 11.0 Å². The van der Waals surface area contributed by atoms with E-state index in [2.05, 4.69) is 8.75 Å². The van der Waals surface area contributed by atoms with Gasteiger partial charge in [-0.3, -0.25) is 0 Å². The Morgan fingerprint density at radius 2 is 1.93 bits per heavy atom. The van der Waals surface area contributed by atoms with E-state index in [-0.39, 0.29) is 10.5 Å². The Balaban J connectivity index is 2.70. The van der Waals surface area contributed by atoms with Gasteiger partial charge in [0.2, 0.25) is 0 Å². The molecule has 1 heterocycles. The lowest BCUT2D eigenvalue weighted by atomic mass is 10.2. The van der Waals surface area contributed by atoms with Crippen molar-refractivity contribution in [1.29, 1.82) is 0 Å². The van der Waals surface area contributed by atoms with Crippen LogP contribution in [0.4, 0.5) is 13.2 Å². The zero-order valence-corrected chi connectivity index (χ0v) is 8.04. The van der Waals surface area contributed by atoms with Crippen molar-refractivity contribution in [3.8, 4) is 0 Å². The van der Waals surface area contributed by atoms with Gasteiger partial charge in [-0.1, -0.05) is 11.6 Å². The van der Waals surface area contributed by atoms with Crippen molar-refractivity contribution in [2.24, 2.45) is 0 Å². The molecule has 0 fully saturated rings. The number of alkyl halides is 3. The minimum atomic E-state index is -4.40. The summed E-state index contributed by atoms with van der Waals surface area (Å²) in [5.74, 6) is 0. The van der Waals surface area contributed by atoms with Crippen molar-refractivity contribution in [2.75, 3.05) is 0 Å². The maximum Gasteiger partial charge on any atom is 0.416 e. The molecule has 0 unspecified atom stereocenters. The van der Waals surface area contributed by atoms with E-state index in [1.54, 1.807) is 0 Å². The van der Waals surface area contributed by atoms with E-state index in [0.29, 0.717) is 5.52 Å². The molecule has 0 aliphatic carbocycles. The molecule has 0 N–H and O–H groups in total. The van der Waals surface area contributed by atoms with Crippen LogP contribution < -0.4 is 0 Å². The molecule has 1 aromatic carbocycles. The molecule has 7 heteroatoms. The molecule has 0 saturated carbocycles. The average molecular weight is 239 g/mol. The number of hydrogen-bond acceptors (Lipinski definition) is 3. The molecule has 0 amide bonds. The van der Waals surface area contributed by atoms with Gasteiger partial charge >= 0.3 is 6.18 Å². The molecule has 0 aliphatic heterocycles. The van der Waals surface area contributed by atoms with Crippen LogP contribution in [-0.4, -0.2) is 8.75 Å². The van der Waals surface area contributed by atoms with Crippen molar-refractivity contribution in [2.45, 2.75) is 6.18 Å². The summed E-state index contributed by atoms with van der Waals surface area (Å²) in [5, 5.41) is -0.0245. The predicted molar refractivity (Wildman–Crippen MR) is 47.4 cm³/mol. The molecule has 0 atom stereocenters. The number of hydrogen-bond donors (Lipinski definition) is 0. The summed E-state index contributed by atoms with van der Waals surface area (Å²) in [5.41, 5.74) is -0.317. The second-order valence-corrected chi connectivity index (χ2v) is 3.52. The lowest BCUT2D eigenvalue weighted by Crippen LogP contribution is -2.04. The largest absolute Gasteiger partial charge is 0.416 e. The van der Waals surface area contributed by atoms with Crippen LogP contribution in [0, 0.1) is 0 Å². The molecule has 0 bridgehead atoms. The molecule has 0 spiro atoms. The molecule has 0 aliphatic rings. The van der Waals surface area contributed by atoms with Gasteiger partial charge in [-0.15, -0.1) is 0 Å². The van der Waals surface area contributed by atoms with Crippen molar-refractivity contribution >= 4 is 34.4 Å². The van der Waals surface area contributed by atoms with Crippen molar-refractivity contribution in [3.05, 3.63) is 22.7 Å². The van der Waals surface area contributed by atoms with E-state index in [1.807, 2.05) is 0 Å². The van der Waals surface area contributed by atoms with Crippen LogP contribution in [-0.2, 0) is 6.18 Å². The molecule has 1 aromatic heterocycles. The topological polar surface area (TPSA) is 25.8 Å². The van der Waals surface area contributed by atoms with Crippen LogP contribution in [0.25, 0.3) is 11.0 Å². The highest BCUT2D eigenvalue weighted by molar-refractivity contribution is 7.00. The third-order valence-electron chi connectivity index (χ3n) is 1.64. The zero-order valence-electron chi connectivity index (χ0n) is 6.47. The van der Waals surface area contributed by atoms with Gasteiger partial charge in [0.15, 0.2) is 0 Å². The van der Waals surface area contributed by atoms with Crippen LogP contribution in [0.5, 0.6) is 0 Å². The smallest absolute Gasteiger partial charge is 0.173 e. The molecule has 0 radical (unpaired) electrons. The zero-order chi connectivity index (χ0) is 10.3. The highest BCUT2D eigenvalue weighted by atomic mass is 35.5. The molecule has 14 heavy (non-hydrogen) atoms. The lowest BCUT2D eigenvalue weighted by Gasteiger charge is -2.06. The van der Waals surface area contributed by atoms with Crippen LogP contribution >= 0.6 is 23.3 Å². The number of aromatic nitrogens is 2. The monoisotopic (exact) mass is 238 g/mol. The van der Waals surface area contributed by atoms with Crippen molar-refractivity contribution < 1.29 is 13.2 Å². The third-order valence-corrected chi connectivity index (χ3v) is 2.47. The summed E-state index contributed by atoms with van der Waals surface area (Å²) in [7, 11) is 0. The van der Waals surface area contributed by atoms with Gasteiger partial charge in [0, 0.05) is 0 Å². The fraction of sp³-hybridized carbons (Fsp3) is 0.143. The number of nitrogens with zero attached hydrogens (tertiary/aromatic N) is 2. The first-order chi connectivity index (χ1) is 6.48. The summed E-state index contributed by atoms with van der Waals surface area (Å²) in [6, 6.07) is 1.79. The van der Waals surface area contributed by atoms with Gasteiger partial charge in [-0.2, -0.15) is 21.9 Å². The summed E-state index contributed by atoms with van der Waals surface area (Å²) in [6.45, 7) is 0. The number of fused-ring (bicyclic) bond motifs is 1. The van der Waals surface area contributed by atoms with Gasteiger partial charge in [0.25, 0.3) is 0 Å². The average Bonchev–Trinajstić information content (AvgIpc) is 2.50. The number of benzene rings is 1. The molecule has 2 rings (SSSR count). The Bertz CT molecular complexity index is 479. The number of halogens is 4. The normalized spacial score (nSPS) is 12.3. The fourth-order valence-electron chi connectivity index (χ4n) is 1.01. The first kappa shape index (κ1) is 9.67. The molecular formula is C7H2ClF3N2S. The summed E-state index contributed by atoms with van der Waals surface area (Å²) >= 11 is 6.45. The summed E-state index contributed by atoms with van der Waals surface area (Å²) < 4.78 is 44.4. The SMILES string of the molecule is FC(F)(F)c1cc(Cl)c2nsnc2c1. The summed E-state index contributed by atoms with van der Waals surface area (Å²) in [6.07, 6.45) is -4.40. The van der Waals surface area contributed by atoms with Crippen LogP contribution in [0.3, 0.4) is 0 Å². The van der Waals surface area contributed by atoms with E-state index in [4.69, 9.17) is 11.6 Å². The first-order valence-electron chi connectivity index (χ1n) is 3.47. The van der Waals surface area contributed by atoms with Crippen LogP contribution in [0.15, 0.2) is 12.1 Å². The Labute approximate surface area is 85.6 Å². The maximum atomic E-state index is 12.3. The minimum absolute atomic E-state index is 0.0245. The highest BCUT2D eigenvalue weighted by Crippen LogP contribution is 2.34. The summed E-state index contributed by atoms with van der Waals surface area (Å²) in [4.78, 5) is 0. The first-order valence-corrected chi connectivity index (χ1v) is 4.58. The Kier molecular flexibility index (Phi) is 2.11. The molecule has 0 saturated heterocycles. The van der Waals surface area contributed by atoms with Crippen molar-refractivity contribution in [3.63, 3.8) is 0 Å². The lowest BCUT2D eigenvalue weighted by molar-refractivity contribution is -0.137. The van der Waals surface area contributed by atoms with Gasteiger partial charge in [-0.05, 0) is 12.1 Å². The molecule has 2 aromatic rings. The molecule has 2 nitrogen and oxygen atoms in total. The van der Waals surface area contributed by atoms with Crippen molar-refractivity contribution in [1.82, 2.24) is 8.75 Å². The number of rotatable bonds is 0. The van der Waals surface area contributed by atoms with E-state index < -0.39 is 11.7 Å². The van der Waals surface area contributed by atoms with E-state index >= 15 is 0 Å². The fourth-order valence-corrected chi connectivity index (χ4v) is 1.86. The Morgan fingerprint density at radius 1 is 1.21 bits per heavy atom. The van der Waals surface area contributed by atoms with Gasteiger partial charge < -0.3 is 0 Å². The van der Waals surface area contributed by atoms with E-state index in [1.165, 1.54) is 0 Å². The third kappa shape index (κ3) is 1.55. The second-order valence-electron chi connectivity index (χ2n) is 2.59. The maximum absolute atomic E-state index is 12.3. The quantitative estimate of drug-likeness (QED) is 0.703. The highest BCUT2D eigenvalue weighted by Gasteiger charge is 2.31.